The molecule has 0 aromatic heterocycles. The van der Waals surface area contributed by atoms with E-state index in [9.17, 15) is 4.79 Å². The molecule has 19 heavy (non-hydrogen) atoms. The average molecular weight is 342 g/mol. The van der Waals surface area contributed by atoms with E-state index in [-0.39, 0.29) is 10.6 Å². The largest absolute Gasteiger partial charge is 0.478 e. The summed E-state index contributed by atoms with van der Waals surface area (Å²) in [4.78, 5) is 10.8. The number of aromatic carboxylic acids is 1. The van der Waals surface area contributed by atoms with Gasteiger partial charge in [0.05, 0.1) is 10.6 Å². The van der Waals surface area contributed by atoms with Gasteiger partial charge in [0, 0.05) is 4.47 Å². The molecule has 0 aliphatic heterocycles. The molecule has 3 nitrogen and oxygen atoms in total. The number of hydrogen-bond acceptors (Lipinski definition) is 2. The van der Waals surface area contributed by atoms with E-state index in [2.05, 4.69) is 15.9 Å². The monoisotopic (exact) mass is 340 g/mol. The van der Waals surface area contributed by atoms with Gasteiger partial charge in [0.1, 0.15) is 11.5 Å². The Morgan fingerprint density at radius 3 is 2.58 bits per heavy atom. The number of benzene rings is 2. The van der Waals surface area contributed by atoms with E-state index in [0.29, 0.717) is 11.5 Å². The van der Waals surface area contributed by atoms with Gasteiger partial charge in [0.2, 0.25) is 0 Å². The molecule has 0 heterocycles. The lowest BCUT2D eigenvalue weighted by molar-refractivity contribution is 0.0697. The van der Waals surface area contributed by atoms with E-state index >= 15 is 0 Å². The van der Waals surface area contributed by atoms with Crippen molar-refractivity contribution in [1.29, 1.82) is 0 Å². The van der Waals surface area contributed by atoms with Crippen molar-refractivity contribution < 1.29 is 14.6 Å². The summed E-state index contributed by atoms with van der Waals surface area (Å²) in [7, 11) is 0. The first-order chi connectivity index (χ1) is 8.97. The second-order valence-electron chi connectivity index (χ2n) is 3.96. The lowest BCUT2D eigenvalue weighted by Gasteiger charge is -2.11. The molecule has 2 aromatic carbocycles. The van der Waals surface area contributed by atoms with E-state index in [4.69, 9.17) is 21.4 Å². The van der Waals surface area contributed by atoms with E-state index in [1.165, 1.54) is 12.1 Å². The van der Waals surface area contributed by atoms with Crippen molar-refractivity contribution >= 4 is 33.5 Å². The van der Waals surface area contributed by atoms with Crippen LogP contribution in [0.4, 0.5) is 0 Å². The van der Waals surface area contributed by atoms with E-state index < -0.39 is 5.97 Å². The Morgan fingerprint density at radius 2 is 1.95 bits per heavy atom. The normalized spacial score (nSPS) is 10.3. The summed E-state index contributed by atoms with van der Waals surface area (Å²) in [6, 6.07) is 10.0. The van der Waals surface area contributed by atoms with Crippen LogP contribution in [0.5, 0.6) is 11.5 Å². The van der Waals surface area contributed by atoms with Crippen LogP contribution in [0.3, 0.4) is 0 Å². The van der Waals surface area contributed by atoms with Crippen LogP contribution in [0.1, 0.15) is 15.9 Å². The second kappa shape index (κ2) is 5.63. The van der Waals surface area contributed by atoms with Crippen LogP contribution in [0.15, 0.2) is 40.9 Å². The smallest absolute Gasteiger partial charge is 0.335 e. The van der Waals surface area contributed by atoms with Crippen molar-refractivity contribution in [2.45, 2.75) is 6.92 Å². The maximum absolute atomic E-state index is 10.8. The predicted molar refractivity (Wildman–Crippen MR) is 77.4 cm³/mol. The zero-order chi connectivity index (χ0) is 14.0. The molecule has 0 saturated heterocycles. The molecule has 0 aliphatic rings. The molecular weight excluding hydrogens is 332 g/mol. The maximum atomic E-state index is 10.8. The SMILES string of the molecule is Cc1ccc(Br)cc1Oc1ccc(C(=O)O)cc1Cl. The van der Waals surface area contributed by atoms with Gasteiger partial charge in [-0.3, -0.25) is 0 Å². The highest BCUT2D eigenvalue weighted by atomic mass is 79.9. The van der Waals surface area contributed by atoms with Crippen LogP contribution in [-0.4, -0.2) is 11.1 Å². The third-order valence-corrected chi connectivity index (χ3v) is 3.34. The van der Waals surface area contributed by atoms with Crippen LogP contribution in [0.25, 0.3) is 0 Å². The first-order valence-corrected chi connectivity index (χ1v) is 6.61. The molecule has 0 bridgehead atoms. The molecule has 0 amide bonds. The molecule has 2 rings (SSSR count). The Morgan fingerprint density at radius 1 is 1.21 bits per heavy atom. The summed E-state index contributed by atoms with van der Waals surface area (Å²) in [6.45, 7) is 1.92. The molecule has 2 aromatic rings. The third-order valence-electron chi connectivity index (χ3n) is 2.55. The van der Waals surface area contributed by atoms with E-state index in [1.54, 1.807) is 6.07 Å². The minimum atomic E-state index is -1.02. The summed E-state index contributed by atoms with van der Waals surface area (Å²) < 4.78 is 6.60. The van der Waals surface area contributed by atoms with E-state index in [1.807, 2.05) is 25.1 Å². The topological polar surface area (TPSA) is 46.5 Å². The van der Waals surface area contributed by atoms with Crippen molar-refractivity contribution in [3.05, 3.63) is 57.0 Å². The number of halogens is 2. The number of carboxylic acid groups (broad SMARTS) is 1. The highest BCUT2D eigenvalue weighted by Gasteiger charge is 2.10. The standard InChI is InChI=1S/C14H10BrClO3/c1-8-2-4-10(15)7-13(8)19-12-5-3-9(14(17)18)6-11(12)16/h2-7H,1H3,(H,17,18). The number of rotatable bonds is 3. The highest BCUT2D eigenvalue weighted by Crippen LogP contribution is 2.33. The van der Waals surface area contributed by atoms with Gasteiger partial charge in [-0.15, -0.1) is 0 Å². The fourth-order valence-electron chi connectivity index (χ4n) is 1.52. The lowest BCUT2D eigenvalue weighted by atomic mass is 10.2. The molecule has 0 spiro atoms. The van der Waals surface area contributed by atoms with Crippen molar-refractivity contribution in [3.8, 4) is 11.5 Å². The summed E-state index contributed by atoms with van der Waals surface area (Å²) in [5, 5.41) is 9.13. The molecule has 0 saturated carbocycles. The van der Waals surface area contributed by atoms with Crippen LogP contribution < -0.4 is 4.74 Å². The van der Waals surface area contributed by atoms with Crippen LogP contribution in [-0.2, 0) is 0 Å². The molecule has 0 aliphatic carbocycles. The summed E-state index contributed by atoms with van der Waals surface area (Å²) in [5.74, 6) is 0.0688. The number of ether oxygens (including phenoxy) is 1. The van der Waals surface area contributed by atoms with Crippen molar-refractivity contribution in [2.24, 2.45) is 0 Å². The van der Waals surface area contributed by atoms with Crippen LogP contribution >= 0.6 is 27.5 Å². The number of carboxylic acids is 1. The van der Waals surface area contributed by atoms with Crippen LogP contribution in [0, 0.1) is 6.92 Å². The van der Waals surface area contributed by atoms with Gasteiger partial charge in [-0.05, 0) is 42.8 Å². The van der Waals surface area contributed by atoms with Crippen LogP contribution in [0.2, 0.25) is 5.02 Å². The summed E-state index contributed by atoms with van der Waals surface area (Å²) in [5.41, 5.74) is 1.09. The molecule has 5 heteroatoms. The maximum Gasteiger partial charge on any atom is 0.335 e. The minimum absolute atomic E-state index is 0.128. The van der Waals surface area contributed by atoms with Gasteiger partial charge < -0.3 is 9.84 Å². The number of hydrogen-bond donors (Lipinski definition) is 1. The fraction of sp³-hybridized carbons (Fsp3) is 0.0714. The second-order valence-corrected chi connectivity index (χ2v) is 5.29. The fourth-order valence-corrected chi connectivity index (χ4v) is 2.08. The lowest BCUT2D eigenvalue weighted by Crippen LogP contribution is -1.96. The third kappa shape index (κ3) is 3.28. The molecule has 0 atom stereocenters. The van der Waals surface area contributed by atoms with Gasteiger partial charge in [0.25, 0.3) is 0 Å². The Kier molecular flexibility index (Phi) is 4.12. The van der Waals surface area contributed by atoms with Gasteiger partial charge in [-0.2, -0.15) is 0 Å². The molecule has 1 N–H and O–H groups in total. The quantitative estimate of drug-likeness (QED) is 0.863. The van der Waals surface area contributed by atoms with Crippen molar-refractivity contribution in [1.82, 2.24) is 0 Å². The Labute approximate surface area is 123 Å². The molecular formula is C14H10BrClO3. The summed E-state index contributed by atoms with van der Waals surface area (Å²) >= 11 is 9.38. The molecule has 0 fully saturated rings. The molecule has 98 valence electrons. The van der Waals surface area contributed by atoms with Gasteiger partial charge >= 0.3 is 5.97 Å². The first-order valence-electron chi connectivity index (χ1n) is 5.44. The molecule has 0 unspecified atom stereocenters. The van der Waals surface area contributed by atoms with Crippen molar-refractivity contribution in [3.63, 3.8) is 0 Å². The van der Waals surface area contributed by atoms with Gasteiger partial charge in [-0.25, -0.2) is 4.79 Å². The van der Waals surface area contributed by atoms with Gasteiger partial charge in [-0.1, -0.05) is 33.6 Å². The number of aryl methyl sites for hydroxylation is 1. The minimum Gasteiger partial charge on any atom is -0.478 e. The zero-order valence-corrected chi connectivity index (χ0v) is 12.3. The Balaban J connectivity index is 2.33. The number of carbonyl (C=O) groups is 1. The van der Waals surface area contributed by atoms with Gasteiger partial charge in [0.15, 0.2) is 0 Å². The summed E-state index contributed by atoms with van der Waals surface area (Å²) in [6.07, 6.45) is 0. The van der Waals surface area contributed by atoms with Crippen molar-refractivity contribution in [2.75, 3.05) is 0 Å². The Hall–Kier alpha value is -1.52. The highest BCUT2D eigenvalue weighted by molar-refractivity contribution is 9.10. The van der Waals surface area contributed by atoms with E-state index in [0.717, 1.165) is 10.0 Å². The molecule has 0 radical (unpaired) electrons. The Bertz CT molecular complexity index is 641. The predicted octanol–water partition coefficient (Wildman–Crippen LogP) is 4.90. The first kappa shape index (κ1) is 13.9. The zero-order valence-electron chi connectivity index (χ0n) is 9.98. The average Bonchev–Trinajstić information content (AvgIpc) is 2.36.